The summed E-state index contributed by atoms with van der Waals surface area (Å²) in [5.74, 6) is 2.45. The molecule has 2 aromatic rings. The number of fused-ring (bicyclic) bond motifs is 1. The third kappa shape index (κ3) is 2.09. The Hall–Kier alpha value is -1.68. The van der Waals surface area contributed by atoms with Crippen molar-refractivity contribution in [3.05, 3.63) is 47.1 Å². The van der Waals surface area contributed by atoms with Crippen molar-refractivity contribution in [3.8, 4) is 0 Å². The fraction of sp³-hybridized carbons (Fsp3) is 0.529. The molecule has 0 bridgehead atoms. The first-order valence-electron chi connectivity index (χ1n) is 7.86. The highest BCUT2D eigenvalue weighted by Crippen LogP contribution is 2.41. The van der Waals surface area contributed by atoms with Gasteiger partial charge < -0.3 is 10.3 Å². The maximum Gasteiger partial charge on any atom is 0.234 e. The molecule has 0 aliphatic heterocycles. The van der Waals surface area contributed by atoms with Gasteiger partial charge in [-0.25, -0.2) is 0 Å². The standard InChI is InChI=1S/C17H21N3O/c1-11-6-8-17(18,9-7-11)16-19-15(21-20-16)14-10-12-4-2-3-5-13(12)14/h2-5,11,14H,6-10,18H2,1H3. The molecule has 0 saturated heterocycles. The third-order valence-electron chi connectivity index (χ3n) is 5.21. The van der Waals surface area contributed by atoms with E-state index in [0.29, 0.717) is 5.82 Å². The summed E-state index contributed by atoms with van der Waals surface area (Å²) < 4.78 is 5.53. The number of hydrogen-bond donors (Lipinski definition) is 1. The predicted octanol–water partition coefficient (Wildman–Crippen LogP) is 3.12. The molecule has 110 valence electrons. The molecular formula is C17H21N3O. The number of hydrogen-bond acceptors (Lipinski definition) is 4. The summed E-state index contributed by atoms with van der Waals surface area (Å²) >= 11 is 0. The van der Waals surface area contributed by atoms with E-state index in [-0.39, 0.29) is 5.92 Å². The van der Waals surface area contributed by atoms with Crippen LogP contribution in [0.25, 0.3) is 0 Å². The van der Waals surface area contributed by atoms with E-state index >= 15 is 0 Å². The van der Waals surface area contributed by atoms with E-state index in [9.17, 15) is 0 Å². The maximum absolute atomic E-state index is 6.53. The molecule has 1 atom stereocenters. The minimum Gasteiger partial charge on any atom is -0.339 e. The highest BCUT2D eigenvalue weighted by Gasteiger charge is 2.38. The second-order valence-electron chi connectivity index (χ2n) is 6.75. The third-order valence-corrected chi connectivity index (χ3v) is 5.21. The van der Waals surface area contributed by atoms with Crippen molar-refractivity contribution in [1.82, 2.24) is 10.1 Å². The molecule has 1 fully saturated rings. The maximum atomic E-state index is 6.53. The zero-order valence-electron chi connectivity index (χ0n) is 12.4. The monoisotopic (exact) mass is 283 g/mol. The van der Waals surface area contributed by atoms with Crippen LogP contribution in [0.1, 0.15) is 61.4 Å². The van der Waals surface area contributed by atoms with Crippen LogP contribution < -0.4 is 5.73 Å². The summed E-state index contributed by atoms with van der Waals surface area (Å²) in [5.41, 5.74) is 8.83. The zero-order valence-corrected chi connectivity index (χ0v) is 12.4. The van der Waals surface area contributed by atoms with Gasteiger partial charge in [0, 0.05) is 0 Å². The van der Waals surface area contributed by atoms with E-state index in [1.165, 1.54) is 11.1 Å². The highest BCUT2D eigenvalue weighted by molar-refractivity contribution is 5.43. The largest absolute Gasteiger partial charge is 0.339 e. The Bertz CT molecular complexity index is 656. The van der Waals surface area contributed by atoms with E-state index in [1.807, 2.05) is 0 Å². The quantitative estimate of drug-likeness (QED) is 0.919. The Balaban J connectivity index is 1.57. The van der Waals surface area contributed by atoms with Crippen LogP contribution in [-0.4, -0.2) is 10.1 Å². The van der Waals surface area contributed by atoms with E-state index in [0.717, 1.165) is 43.9 Å². The molecule has 2 aliphatic rings. The van der Waals surface area contributed by atoms with Crippen molar-refractivity contribution in [2.75, 3.05) is 0 Å². The topological polar surface area (TPSA) is 64.9 Å². The summed E-state index contributed by atoms with van der Waals surface area (Å²) in [6, 6.07) is 8.45. The average molecular weight is 283 g/mol. The van der Waals surface area contributed by atoms with Crippen LogP contribution in [0.3, 0.4) is 0 Å². The Morgan fingerprint density at radius 3 is 2.76 bits per heavy atom. The molecule has 2 aliphatic carbocycles. The molecule has 1 heterocycles. The summed E-state index contributed by atoms with van der Waals surface area (Å²) in [5, 5.41) is 4.20. The second kappa shape index (κ2) is 4.67. The molecule has 1 saturated carbocycles. The van der Waals surface area contributed by atoms with Gasteiger partial charge in [0.2, 0.25) is 5.89 Å². The van der Waals surface area contributed by atoms with Crippen LogP contribution in [0.4, 0.5) is 0 Å². The van der Waals surface area contributed by atoms with Gasteiger partial charge in [-0.15, -0.1) is 0 Å². The van der Waals surface area contributed by atoms with Gasteiger partial charge in [-0.2, -0.15) is 4.98 Å². The average Bonchev–Trinajstić information content (AvgIpc) is 2.94. The van der Waals surface area contributed by atoms with Crippen molar-refractivity contribution >= 4 is 0 Å². The summed E-state index contributed by atoms with van der Waals surface area (Å²) in [4.78, 5) is 4.65. The lowest BCUT2D eigenvalue weighted by atomic mass is 9.76. The first-order chi connectivity index (χ1) is 10.2. The van der Waals surface area contributed by atoms with Gasteiger partial charge in [-0.3, -0.25) is 0 Å². The zero-order chi connectivity index (χ0) is 14.4. The smallest absolute Gasteiger partial charge is 0.234 e. The first-order valence-corrected chi connectivity index (χ1v) is 7.86. The molecule has 21 heavy (non-hydrogen) atoms. The minimum absolute atomic E-state index is 0.258. The Morgan fingerprint density at radius 2 is 2.00 bits per heavy atom. The van der Waals surface area contributed by atoms with Crippen LogP contribution >= 0.6 is 0 Å². The molecule has 0 radical (unpaired) electrons. The van der Waals surface area contributed by atoms with E-state index < -0.39 is 5.54 Å². The summed E-state index contributed by atoms with van der Waals surface area (Å²) in [6.07, 6.45) is 5.19. The van der Waals surface area contributed by atoms with Crippen LogP contribution in [0.2, 0.25) is 0 Å². The normalized spacial score (nSPS) is 31.5. The fourth-order valence-corrected chi connectivity index (χ4v) is 3.56. The minimum atomic E-state index is -0.391. The molecule has 4 heteroatoms. The Kier molecular flexibility index (Phi) is 2.89. The van der Waals surface area contributed by atoms with Gasteiger partial charge in [0.25, 0.3) is 0 Å². The number of nitrogens with zero attached hydrogens (tertiary/aromatic N) is 2. The number of rotatable bonds is 2. The molecule has 1 aromatic carbocycles. The molecular weight excluding hydrogens is 262 g/mol. The Labute approximate surface area is 124 Å². The van der Waals surface area contributed by atoms with Gasteiger partial charge in [0.05, 0.1) is 11.5 Å². The number of aromatic nitrogens is 2. The first kappa shape index (κ1) is 13.0. The van der Waals surface area contributed by atoms with Crippen molar-refractivity contribution in [1.29, 1.82) is 0 Å². The lowest BCUT2D eigenvalue weighted by Crippen LogP contribution is -2.41. The van der Waals surface area contributed by atoms with E-state index in [2.05, 4.69) is 41.3 Å². The van der Waals surface area contributed by atoms with Crippen LogP contribution in [-0.2, 0) is 12.0 Å². The van der Waals surface area contributed by atoms with Crippen molar-refractivity contribution in [2.24, 2.45) is 11.7 Å². The van der Waals surface area contributed by atoms with Crippen LogP contribution in [0.15, 0.2) is 28.8 Å². The molecule has 4 nitrogen and oxygen atoms in total. The van der Waals surface area contributed by atoms with Gasteiger partial charge in [-0.1, -0.05) is 36.3 Å². The van der Waals surface area contributed by atoms with Gasteiger partial charge in [-0.05, 0) is 49.1 Å². The molecule has 4 rings (SSSR count). The highest BCUT2D eigenvalue weighted by atomic mass is 16.5. The SMILES string of the molecule is CC1CCC(N)(c2noc(C3Cc4ccccc43)n2)CC1. The summed E-state index contributed by atoms with van der Waals surface area (Å²) in [7, 11) is 0. The van der Waals surface area contributed by atoms with Crippen molar-refractivity contribution in [3.63, 3.8) is 0 Å². The fourth-order valence-electron chi connectivity index (χ4n) is 3.56. The molecule has 0 spiro atoms. The Morgan fingerprint density at radius 1 is 1.24 bits per heavy atom. The second-order valence-corrected chi connectivity index (χ2v) is 6.75. The summed E-state index contributed by atoms with van der Waals surface area (Å²) in [6.45, 7) is 2.28. The molecule has 0 amide bonds. The van der Waals surface area contributed by atoms with Crippen molar-refractivity contribution in [2.45, 2.75) is 50.5 Å². The molecule has 2 N–H and O–H groups in total. The van der Waals surface area contributed by atoms with Gasteiger partial charge in [0.15, 0.2) is 5.82 Å². The van der Waals surface area contributed by atoms with Gasteiger partial charge in [0.1, 0.15) is 0 Å². The van der Waals surface area contributed by atoms with Crippen LogP contribution in [0.5, 0.6) is 0 Å². The van der Waals surface area contributed by atoms with Crippen LogP contribution in [0, 0.1) is 5.92 Å². The predicted molar refractivity (Wildman–Crippen MR) is 79.8 cm³/mol. The number of nitrogens with two attached hydrogens (primary N) is 1. The lowest BCUT2D eigenvalue weighted by molar-refractivity contribution is 0.229. The van der Waals surface area contributed by atoms with E-state index in [1.54, 1.807) is 0 Å². The molecule has 1 aromatic heterocycles. The lowest BCUT2D eigenvalue weighted by Gasteiger charge is -2.33. The molecule has 1 unspecified atom stereocenters. The van der Waals surface area contributed by atoms with E-state index in [4.69, 9.17) is 10.3 Å². The number of benzene rings is 1. The van der Waals surface area contributed by atoms with Gasteiger partial charge >= 0.3 is 0 Å². The van der Waals surface area contributed by atoms with Crippen molar-refractivity contribution < 1.29 is 4.52 Å².